The maximum absolute atomic E-state index is 11.9. The van der Waals surface area contributed by atoms with E-state index in [9.17, 15) is 9.59 Å². The normalized spacial score (nSPS) is 17.5. The Labute approximate surface area is 179 Å². The van der Waals surface area contributed by atoms with Gasteiger partial charge in [-0.1, -0.05) is 0 Å². The summed E-state index contributed by atoms with van der Waals surface area (Å²) in [6.45, 7) is 3.38. The molecule has 0 saturated carbocycles. The van der Waals surface area contributed by atoms with Crippen LogP contribution in [0.2, 0.25) is 5.28 Å². The van der Waals surface area contributed by atoms with Crippen molar-refractivity contribution in [3.05, 3.63) is 17.8 Å². The maximum Gasteiger partial charge on any atom is 0.323 e. The number of aryl methyl sites for hydroxylation is 1. The van der Waals surface area contributed by atoms with Crippen molar-refractivity contribution in [2.45, 2.75) is 32.6 Å². The number of hydrogen-bond donors (Lipinski definition) is 0. The summed E-state index contributed by atoms with van der Waals surface area (Å²) in [5, 5.41) is 0.104. The molecular formula is C13H13ClKN4O4. The van der Waals surface area contributed by atoms with Gasteiger partial charge in [0.15, 0.2) is 11.6 Å². The number of halogens is 1. The number of ether oxygens (including phenoxy) is 2. The molecule has 0 atom stereocenters. The molecule has 0 bridgehead atoms. The van der Waals surface area contributed by atoms with Crippen molar-refractivity contribution in [1.29, 1.82) is 0 Å². The number of cyclic esters (lactones) is 2. The Morgan fingerprint density at radius 1 is 1.26 bits per heavy atom. The van der Waals surface area contributed by atoms with Gasteiger partial charge in [-0.15, -0.1) is 0 Å². The molecule has 1 aliphatic heterocycles. The molecule has 2 aromatic rings. The Morgan fingerprint density at radius 2 is 1.91 bits per heavy atom. The summed E-state index contributed by atoms with van der Waals surface area (Å²) in [7, 11) is 0. The van der Waals surface area contributed by atoms with Crippen LogP contribution in [-0.2, 0) is 25.6 Å². The largest absolute Gasteiger partial charge is 0.422 e. The second-order valence-electron chi connectivity index (χ2n) is 5.37. The second-order valence-corrected chi connectivity index (χ2v) is 5.71. The molecule has 0 aromatic carbocycles. The molecule has 0 spiro atoms. The number of carbonyl (C=O) groups is 2. The first-order valence-corrected chi connectivity index (χ1v) is 7.02. The molecule has 8 nitrogen and oxygen atoms in total. The van der Waals surface area contributed by atoms with E-state index in [0.29, 0.717) is 17.7 Å². The van der Waals surface area contributed by atoms with Gasteiger partial charge in [0.05, 0.1) is 12.5 Å². The Bertz CT molecular complexity index is 744. The van der Waals surface area contributed by atoms with Crippen molar-refractivity contribution in [3.63, 3.8) is 0 Å². The van der Waals surface area contributed by atoms with Crippen LogP contribution in [0.15, 0.2) is 12.5 Å². The quantitative estimate of drug-likeness (QED) is 0.346. The summed E-state index contributed by atoms with van der Waals surface area (Å²) < 4.78 is 11.9. The Hall–Kier alpha value is -0.584. The van der Waals surface area contributed by atoms with E-state index < -0.39 is 23.6 Å². The van der Waals surface area contributed by atoms with Crippen molar-refractivity contribution in [2.24, 2.45) is 5.92 Å². The van der Waals surface area contributed by atoms with Crippen LogP contribution in [-0.4, -0.2) is 88.6 Å². The van der Waals surface area contributed by atoms with E-state index in [0.717, 1.165) is 0 Å². The second kappa shape index (κ2) is 7.12. The average Bonchev–Trinajstić information content (AvgIpc) is 2.79. The van der Waals surface area contributed by atoms with Gasteiger partial charge in [0.25, 0.3) is 5.79 Å². The standard InChI is InChI=1S/C13H13ClN4O4.K/c1-13(2)21-10(19)7(11(20)22-13)3-4-18-6-16-8-5-15-12(14)17-9(8)18;/h5-7H,3-4H2,1-2H3;. The zero-order chi connectivity index (χ0) is 15.9. The Morgan fingerprint density at radius 3 is 2.57 bits per heavy atom. The van der Waals surface area contributed by atoms with E-state index in [1.165, 1.54) is 20.0 Å². The van der Waals surface area contributed by atoms with E-state index in [-0.39, 0.29) is 63.1 Å². The number of esters is 2. The Kier molecular flexibility index (Phi) is 5.80. The first kappa shape index (κ1) is 18.8. The van der Waals surface area contributed by atoms with Gasteiger partial charge in [-0.05, 0) is 18.0 Å². The monoisotopic (exact) mass is 363 g/mol. The molecule has 0 amide bonds. The topological polar surface area (TPSA) is 96.2 Å². The van der Waals surface area contributed by atoms with Gasteiger partial charge in [-0.3, -0.25) is 9.59 Å². The molecular weight excluding hydrogens is 351 g/mol. The zero-order valence-corrected chi connectivity index (χ0v) is 16.8. The van der Waals surface area contributed by atoms with E-state index in [4.69, 9.17) is 21.1 Å². The predicted molar refractivity (Wildman–Crippen MR) is 80.5 cm³/mol. The van der Waals surface area contributed by atoms with Gasteiger partial charge < -0.3 is 14.0 Å². The van der Waals surface area contributed by atoms with Crippen LogP contribution in [0.25, 0.3) is 11.2 Å². The maximum atomic E-state index is 11.9. The minimum absolute atomic E-state index is 0. The fraction of sp³-hybridized carbons (Fsp3) is 0.462. The first-order chi connectivity index (χ1) is 10.4. The molecule has 0 unspecified atom stereocenters. The van der Waals surface area contributed by atoms with Gasteiger partial charge in [0, 0.05) is 71.8 Å². The number of nitrogens with zero attached hydrogens (tertiary/aromatic N) is 4. The van der Waals surface area contributed by atoms with Crippen LogP contribution in [0.4, 0.5) is 0 Å². The van der Waals surface area contributed by atoms with Crippen molar-refractivity contribution < 1.29 is 19.1 Å². The first-order valence-electron chi connectivity index (χ1n) is 6.65. The van der Waals surface area contributed by atoms with E-state index in [2.05, 4.69) is 15.0 Å². The smallest absolute Gasteiger partial charge is 0.323 e. The third-order valence-corrected chi connectivity index (χ3v) is 3.43. The molecule has 1 radical (unpaired) electrons. The van der Waals surface area contributed by atoms with Crippen LogP contribution in [0.1, 0.15) is 20.3 Å². The fourth-order valence-electron chi connectivity index (χ4n) is 2.25. The third-order valence-electron chi connectivity index (χ3n) is 3.25. The molecule has 23 heavy (non-hydrogen) atoms. The number of carbonyl (C=O) groups excluding carboxylic acids is 2. The van der Waals surface area contributed by atoms with Crippen LogP contribution in [0.5, 0.6) is 0 Å². The van der Waals surface area contributed by atoms with E-state index in [1.54, 1.807) is 10.9 Å². The van der Waals surface area contributed by atoms with Crippen LogP contribution in [0.3, 0.4) is 0 Å². The van der Waals surface area contributed by atoms with Gasteiger partial charge in [0.1, 0.15) is 5.52 Å². The van der Waals surface area contributed by atoms with Gasteiger partial charge in [-0.2, -0.15) is 4.98 Å². The summed E-state index contributed by atoms with van der Waals surface area (Å²) >= 11 is 5.76. The minimum atomic E-state index is -1.22. The molecule has 0 N–H and O–H groups in total. The van der Waals surface area contributed by atoms with E-state index >= 15 is 0 Å². The van der Waals surface area contributed by atoms with Crippen molar-refractivity contribution in [1.82, 2.24) is 19.5 Å². The zero-order valence-electron chi connectivity index (χ0n) is 12.9. The Balaban J connectivity index is 0.00000192. The molecule has 10 heteroatoms. The van der Waals surface area contributed by atoms with Crippen LogP contribution in [0, 0.1) is 5.92 Å². The van der Waals surface area contributed by atoms with Crippen molar-refractivity contribution in [3.8, 4) is 0 Å². The van der Waals surface area contributed by atoms with Gasteiger partial charge in [0.2, 0.25) is 5.28 Å². The molecule has 1 aliphatic rings. The van der Waals surface area contributed by atoms with Crippen LogP contribution >= 0.6 is 11.6 Å². The summed E-state index contributed by atoms with van der Waals surface area (Å²) in [5.41, 5.74) is 1.12. The van der Waals surface area contributed by atoms with Crippen LogP contribution < -0.4 is 0 Å². The molecule has 1 saturated heterocycles. The predicted octanol–water partition coefficient (Wildman–Crippen LogP) is 0.941. The summed E-state index contributed by atoms with van der Waals surface area (Å²) in [4.78, 5) is 35.9. The molecule has 2 aromatic heterocycles. The van der Waals surface area contributed by atoms with Gasteiger partial charge in [-0.25, -0.2) is 9.97 Å². The minimum Gasteiger partial charge on any atom is -0.422 e. The number of aromatic nitrogens is 4. The molecule has 117 valence electrons. The number of imidazole rings is 1. The summed E-state index contributed by atoms with van der Waals surface area (Å²) in [6, 6.07) is 0. The molecule has 0 aliphatic carbocycles. The molecule has 1 fully saturated rings. The average molecular weight is 364 g/mol. The number of fused-ring (bicyclic) bond motifs is 1. The van der Waals surface area contributed by atoms with E-state index in [1.807, 2.05) is 0 Å². The molecule has 3 heterocycles. The SMILES string of the molecule is CC1(C)OC(=O)C(CCn2cnc3cnc(Cl)nc32)C(=O)O1.[K]. The summed E-state index contributed by atoms with van der Waals surface area (Å²) in [5.74, 6) is -3.34. The third kappa shape index (κ3) is 4.09. The number of rotatable bonds is 3. The number of hydrogen-bond acceptors (Lipinski definition) is 7. The van der Waals surface area contributed by atoms with Crippen molar-refractivity contribution >= 4 is 86.1 Å². The van der Waals surface area contributed by atoms with Crippen molar-refractivity contribution in [2.75, 3.05) is 0 Å². The fourth-order valence-corrected chi connectivity index (χ4v) is 2.37. The van der Waals surface area contributed by atoms with Gasteiger partial charge >= 0.3 is 11.9 Å². The molecule has 3 rings (SSSR count). The summed E-state index contributed by atoms with van der Waals surface area (Å²) in [6.07, 6.45) is 3.28.